The number of hydrogen-bond donors (Lipinski definition) is 1. The Balaban J connectivity index is 1.77. The van der Waals surface area contributed by atoms with Crippen LogP contribution in [0.1, 0.15) is 44.6 Å². The van der Waals surface area contributed by atoms with Gasteiger partial charge in [-0.1, -0.05) is 25.8 Å². The highest BCUT2D eigenvalue weighted by Gasteiger charge is 2.23. The van der Waals surface area contributed by atoms with Crippen molar-refractivity contribution >= 4 is 17.3 Å². The molecule has 1 aromatic carbocycles. The molecule has 1 heterocycles. The first-order valence-electron chi connectivity index (χ1n) is 10.1. The van der Waals surface area contributed by atoms with Crippen molar-refractivity contribution in [3.05, 3.63) is 23.8 Å². The number of anilines is 2. The minimum absolute atomic E-state index is 0.176. The number of rotatable bonds is 10. The number of benzene rings is 1. The van der Waals surface area contributed by atoms with Gasteiger partial charge in [-0.05, 0) is 77.1 Å². The Kier molecular flexibility index (Phi) is 8.39. The van der Waals surface area contributed by atoms with Gasteiger partial charge in [0.1, 0.15) is 0 Å². The van der Waals surface area contributed by atoms with Crippen molar-refractivity contribution < 1.29 is 4.79 Å². The van der Waals surface area contributed by atoms with Crippen molar-refractivity contribution in [3.8, 4) is 0 Å². The van der Waals surface area contributed by atoms with Gasteiger partial charge in [-0.15, -0.1) is 0 Å². The van der Waals surface area contributed by atoms with Gasteiger partial charge in [-0.2, -0.15) is 0 Å². The quantitative estimate of drug-likeness (QED) is 0.515. The number of hydrogen-bond acceptors (Lipinski definition) is 4. The summed E-state index contributed by atoms with van der Waals surface area (Å²) in [7, 11) is 4.23. The molecule has 1 aliphatic rings. The molecule has 1 aromatic rings. The third kappa shape index (κ3) is 6.29. The van der Waals surface area contributed by atoms with Gasteiger partial charge in [0.15, 0.2) is 0 Å². The zero-order chi connectivity index (χ0) is 18.9. The Labute approximate surface area is 159 Å². The van der Waals surface area contributed by atoms with Gasteiger partial charge >= 0.3 is 0 Å². The lowest BCUT2D eigenvalue weighted by Crippen LogP contribution is -2.42. The Bertz CT molecular complexity index is 575. The van der Waals surface area contributed by atoms with Crippen molar-refractivity contribution in [3.63, 3.8) is 0 Å². The van der Waals surface area contributed by atoms with Crippen LogP contribution >= 0.6 is 0 Å². The third-order valence-corrected chi connectivity index (χ3v) is 5.16. The van der Waals surface area contributed by atoms with Crippen LogP contribution in [-0.2, 0) is 11.2 Å². The van der Waals surface area contributed by atoms with Crippen molar-refractivity contribution in [2.24, 2.45) is 0 Å². The average molecular weight is 361 g/mol. The molecular weight excluding hydrogens is 324 g/mol. The van der Waals surface area contributed by atoms with Crippen molar-refractivity contribution in [1.29, 1.82) is 0 Å². The Hall–Kier alpha value is -1.59. The van der Waals surface area contributed by atoms with Gasteiger partial charge in [0, 0.05) is 17.9 Å². The van der Waals surface area contributed by atoms with E-state index in [1.54, 1.807) is 0 Å². The molecule has 146 valence electrons. The number of likely N-dealkylation sites (N-methyl/N-ethyl adjacent to an activating group) is 1. The lowest BCUT2D eigenvalue weighted by atomic mass is 10.0. The van der Waals surface area contributed by atoms with Gasteiger partial charge in [-0.3, -0.25) is 9.69 Å². The van der Waals surface area contributed by atoms with Crippen LogP contribution in [0.3, 0.4) is 0 Å². The minimum atomic E-state index is 0.176. The van der Waals surface area contributed by atoms with Crippen molar-refractivity contribution in [2.45, 2.75) is 45.4 Å². The first kappa shape index (κ1) is 20.7. The van der Waals surface area contributed by atoms with Crippen molar-refractivity contribution in [2.75, 3.05) is 57.5 Å². The smallest absolute Gasteiger partial charge is 0.241 e. The van der Waals surface area contributed by atoms with Crippen LogP contribution in [0.5, 0.6) is 0 Å². The second-order valence-electron chi connectivity index (χ2n) is 7.64. The predicted octanol–water partition coefficient (Wildman–Crippen LogP) is 2.99. The van der Waals surface area contributed by atoms with E-state index < -0.39 is 0 Å². The molecule has 1 aliphatic heterocycles. The molecule has 5 heteroatoms. The molecule has 0 radical (unpaired) electrons. The maximum absolute atomic E-state index is 12.8. The van der Waals surface area contributed by atoms with Crippen LogP contribution in [0, 0.1) is 0 Å². The van der Waals surface area contributed by atoms with Crippen LogP contribution in [0.2, 0.25) is 0 Å². The zero-order valence-corrected chi connectivity index (χ0v) is 16.8. The summed E-state index contributed by atoms with van der Waals surface area (Å²) in [5.74, 6) is 0.176. The largest absolute Gasteiger partial charge is 0.399 e. The summed E-state index contributed by atoms with van der Waals surface area (Å²) in [6.07, 6.45) is 6.99. The molecule has 1 amide bonds. The van der Waals surface area contributed by atoms with E-state index in [0.29, 0.717) is 6.54 Å². The standard InChI is InChI=1S/C21H36N4O/c1-4-5-6-12-23(2)13-8-14-24(3)17-21(26)25-15-7-9-18-10-11-19(22)16-20(18)25/h10-11,16H,4-9,12-15,17,22H2,1-3H3. The molecule has 0 atom stereocenters. The minimum Gasteiger partial charge on any atom is -0.399 e. The van der Waals surface area contributed by atoms with Crippen LogP contribution < -0.4 is 10.6 Å². The second kappa shape index (κ2) is 10.5. The van der Waals surface area contributed by atoms with Crippen LogP contribution in [-0.4, -0.2) is 62.5 Å². The molecule has 0 saturated heterocycles. The highest BCUT2D eigenvalue weighted by Crippen LogP contribution is 2.29. The Morgan fingerprint density at radius 3 is 2.62 bits per heavy atom. The SMILES string of the molecule is CCCCCN(C)CCCN(C)CC(=O)N1CCCc2ccc(N)cc21. The van der Waals surface area contributed by atoms with Crippen LogP contribution in [0.15, 0.2) is 18.2 Å². The monoisotopic (exact) mass is 360 g/mol. The van der Waals surface area contributed by atoms with Gasteiger partial charge in [-0.25, -0.2) is 0 Å². The van der Waals surface area contributed by atoms with Gasteiger partial charge < -0.3 is 15.5 Å². The maximum atomic E-state index is 12.8. The fourth-order valence-corrected chi connectivity index (χ4v) is 3.60. The molecule has 2 N–H and O–H groups in total. The van der Waals surface area contributed by atoms with Gasteiger partial charge in [0.25, 0.3) is 0 Å². The summed E-state index contributed by atoms with van der Waals surface area (Å²) < 4.78 is 0. The van der Waals surface area contributed by atoms with E-state index in [9.17, 15) is 4.79 Å². The fourth-order valence-electron chi connectivity index (χ4n) is 3.60. The summed E-state index contributed by atoms with van der Waals surface area (Å²) in [4.78, 5) is 19.2. The summed E-state index contributed by atoms with van der Waals surface area (Å²) in [6, 6.07) is 5.93. The number of carbonyl (C=O) groups excluding carboxylic acids is 1. The molecule has 26 heavy (non-hydrogen) atoms. The first-order valence-corrected chi connectivity index (χ1v) is 10.1. The lowest BCUT2D eigenvalue weighted by molar-refractivity contribution is -0.119. The summed E-state index contributed by atoms with van der Waals surface area (Å²) in [5, 5.41) is 0. The van der Waals surface area contributed by atoms with E-state index in [1.807, 2.05) is 24.1 Å². The average Bonchev–Trinajstić information content (AvgIpc) is 2.61. The fraction of sp³-hybridized carbons (Fsp3) is 0.667. The highest BCUT2D eigenvalue weighted by molar-refractivity contribution is 5.96. The Morgan fingerprint density at radius 2 is 1.85 bits per heavy atom. The number of nitrogens with two attached hydrogens (primary N) is 1. The van der Waals surface area contributed by atoms with E-state index in [4.69, 9.17) is 5.73 Å². The van der Waals surface area contributed by atoms with E-state index in [-0.39, 0.29) is 5.91 Å². The van der Waals surface area contributed by atoms with E-state index in [1.165, 1.54) is 31.4 Å². The van der Waals surface area contributed by atoms with Crippen LogP contribution in [0.25, 0.3) is 0 Å². The number of nitrogen functional groups attached to an aromatic ring is 1. The van der Waals surface area contributed by atoms with Gasteiger partial charge in [0.2, 0.25) is 5.91 Å². The number of aryl methyl sites for hydroxylation is 1. The predicted molar refractivity (Wildman–Crippen MR) is 111 cm³/mol. The molecule has 0 saturated carbocycles. The molecule has 5 nitrogen and oxygen atoms in total. The van der Waals surface area contributed by atoms with E-state index in [0.717, 1.165) is 50.3 Å². The molecule has 0 unspecified atom stereocenters. The van der Waals surface area contributed by atoms with Crippen molar-refractivity contribution in [1.82, 2.24) is 9.80 Å². The number of fused-ring (bicyclic) bond motifs is 1. The maximum Gasteiger partial charge on any atom is 0.241 e. The third-order valence-electron chi connectivity index (χ3n) is 5.16. The summed E-state index contributed by atoms with van der Waals surface area (Å²) in [5.41, 5.74) is 8.89. The van der Waals surface area contributed by atoms with E-state index in [2.05, 4.69) is 29.8 Å². The topological polar surface area (TPSA) is 52.8 Å². The lowest BCUT2D eigenvalue weighted by Gasteiger charge is -2.31. The number of carbonyl (C=O) groups is 1. The van der Waals surface area contributed by atoms with Crippen LogP contribution in [0.4, 0.5) is 11.4 Å². The molecule has 0 spiro atoms. The molecule has 0 aromatic heterocycles. The molecule has 2 rings (SSSR count). The van der Waals surface area contributed by atoms with E-state index >= 15 is 0 Å². The number of unbranched alkanes of at least 4 members (excludes halogenated alkanes) is 2. The van der Waals surface area contributed by atoms with Gasteiger partial charge in [0.05, 0.1) is 6.54 Å². The summed E-state index contributed by atoms with van der Waals surface area (Å²) >= 11 is 0. The highest BCUT2D eigenvalue weighted by atomic mass is 16.2. The first-order chi connectivity index (χ1) is 12.5. The molecule has 0 aliphatic carbocycles. The zero-order valence-electron chi connectivity index (χ0n) is 16.8. The molecular formula is C21H36N4O. The molecule has 0 bridgehead atoms. The molecule has 0 fully saturated rings. The normalized spacial score (nSPS) is 14.1. The Morgan fingerprint density at radius 1 is 1.12 bits per heavy atom. The second-order valence-corrected chi connectivity index (χ2v) is 7.64. The number of amides is 1. The summed E-state index contributed by atoms with van der Waals surface area (Å²) in [6.45, 7) is 6.70. The number of nitrogens with zero attached hydrogens (tertiary/aromatic N) is 3.